The highest BCUT2D eigenvalue weighted by Gasteiger charge is 2.35. The quantitative estimate of drug-likeness (QED) is 0.651. The Balaban J connectivity index is 1.85. The van der Waals surface area contributed by atoms with Gasteiger partial charge in [0.2, 0.25) is 0 Å². The molecule has 0 saturated carbocycles. The molecule has 1 amide bonds. The lowest BCUT2D eigenvalue weighted by Crippen LogP contribution is -2.27. The zero-order valence-corrected chi connectivity index (χ0v) is 14.2. The molecule has 0 unspecified atom stereocenters. The van der Waals surface area contributed by atoms with Crippen molar-refractivity contribution in [1.29, 1.82) is 0 Å². The van der Waals surface area contributed by atoms with Crippen molar-refractivity contribution in [3.05, 3.63) is 52.7 Å². The average molecular weight is 309 g/mol. The predicted molar refractivity (Wildman–Crippen MR) is 95.8 cm³/mol. The Hall–Kier alpha value is -1.83. The third kappa shape index (κ3) is 3.57. The molecule has 0 spiro atoms. The molecule has 2 heteroatoms. The van der Waals surface area contributed by atoms with Crippen LogP contribution >= 0.6 is 0 Å². The van der Waals surface area contributed by atoms with E-state index in [2.05, 4.69) is 42.2 Å². The maximum Gasteiger partial charge on any atom is 0.254 e. The van der Waals surface area contributed by atoms with Gasteiger partial charge in [0.1, 0.15) is 0 Å². The Morgan fingerprint density at radius 2 is 1.74 bits per heavy atom. The molecule has 0 N–H and O–H groups in total. The van der Waals surface area contributed by atoms with Gasteiger partial charge in [-0.15, -0.1) is 0 Å². The van der Waals surface area contributed by atoms with Crippen LogP contribution in [0.2, 0.25) is 0 Å². The third-order valence-corrected chi connectivity index (χ3v) is 4.91. The first-order valence-electron chi connectivity index (χ1n) is 9.12. The van der Waals surface area contributed by atoms with Crippen molar-refractivity contribution in [1.82, 2.24) is 4.90 Å². The summed E-state index contributed by atoms with van der Waals surface area (Å²) in [5.41, 5.74) is 4.77. The molecule has 1 aliphatic heterocycles. The zero-order chi connectivity index (χ0) is 16.1. The lowest BCUT2D eigenvalue weighted by molar-refractivity contribution is -0.124. The Bertz CT molecular complexity index is 612. The summed E-state index contributed by atoms with van der Waals surface area (Å²) in [6, 6.07) is 10.4. The van der Waals surface area contributed by atoms with Crippen LogP contribution in [0.5, 0.6) is 0 Å². The summed E-state index contributed by atoms with van der Waals surface area (Å²) in [6.45, 7) is 3.09. The first-order chi connectivity index (χ1) is 11.3. The van der Waals surface area contributed by atoms with E-state index in [0.717, 1.165) is 37.8 Å². The van der Waals surface area contributed by atoms with E-state index in [1.807, 2.05) is 6.07 Å². The number of carbonyl (C=O) groups is 1. The number of hydrogen-bond donors (Lipinski definition) is 0. The molecule has 0 bridgehead atoms. The Morgan fingerprint density at radius 3 is 2.48 bits per heavy atom. The maximum absolute atomic E-state index is 12.8. The molecule has 3 rings (SSSR count). The normalized spacial score (nSPS) is 19.6. The Morgan fingerprint density at radius 1 is 1.00 bits per heavy atom. The molecule has 0 atom stereocenters. The largest absolute Gasteiger partial charge is 0.308 e. The first kappa shape index (κ1) is 16.0. The van der Waals surface area contributed by atoms with Crippen molar-refractivity contribution in [2.75, 3.05) is 6.54 Å². The molecule has 0 fully saturated rings. The van der Waals surface area contributed by atoms with Gasteiger partial charge in [0, 0.05) is 17.8 Å². The fraction of sp³-hybridized carbons (Fsp3) is 0.476. The molecule has 2 nitrogen and oxygen atoms in total. The van der Waals surface area contributed by atoms with Gasteiger partial charge in [0.05, 0.1) is 0 Å². The third-order valence-electron chi connectivity index (χ3n) is 4.91. The maximum atomic E-state index is 12.8. The van der Waals surface area contributed by atoms with Crippen LogP contribution in [0.3, 0.4) is 0 Å². The number of unbranched alkanes of at least 4 members (excludes halogenated alkanes) is 3. The van der Waals surface area contributed by atoms with Crippen molar-refractivity contribution >= 4 is 12.0 Å². The van der Waals surface area contributed by atoms with E-state index >= 15 is 0 Å². The van der Waals surface area contributed by atoms with Gasteiger partial charge in [-0.2, -0.15) is 0 Å². The van der Waals surface area contributed by atoms with Crippen molar-refractivity contribution in [2.24, 2.45) is 0 Å². The average Bonchev–Trinajstić information content (AvgIpc) is 2.85. The fourth-order valence-electron chi connectivity index (χ4n) is 3.65. The number of amides is 1. The second-order valence-corrected chi connectivity index (χ2v) is 6.62. The summed E-state index contributed by atoms with van der Waals surface area (Å²) < 4.78 is 0. The topological polar surface area (TPSA) is 20.3 Å². The zero-order valence-electron chi connectivity index (χ0n) is 14.2. The smallest absolute Gasteiger partial charge is 0.254 e. The lowest BCUT2D eigenvalue weighted by atomic mass is 9.92. The van der Waals surface area contributed by atoms with Crippen molar-refractivity contribution in [3.8, 4) is 0 Å². The predicted octanol–water partition coefficient (Wildman–Crippen LogP) is 5.32. The number of allylic oxidation sites excluding steroid dienone is 1. The highest BCUT2D eigenvalue weighted by atomic mass is 16.2. The molecule has 1 aromatic rings. The van der Waals surface area contributed by atoms with E-state index in [4.69, 9.17) is 0 Å². The molecule has 0 saturated heterocycles. The van der Waals surface area contributed by atoms with Gasteiger partial charge in [0.25, 0.3) is 5.91 Å². The van der Waals surface area contributed by atoms with E-state index in [-0.39, 0.29) is 5.91 Å². The molecule has 1 heterocycles. The standard InChI is InChI=1S/C21H27NO/c1-2-3-4-10-15-22-20(16-17-11-6-5-7-12-17)18-13-8-9-14-19(18)21(22)23/h5-7,11-12,16H,2-4,8-10,13-15H2,1H3/b20-16-. The number of nitrogens with zero attached hydrogens (tertiary/aromatic N) is 1. The van der Waals surface area contributed by atoms with Gasteiger partial charge >= 0.3 is 0 Å². The van der Waals surface area contributed by atoms with E-state index in [9.17, 15) is 4.79 Å². The molecule has 0 aromatic heterocycles. The van der Waals surface area contributed by atoms with E-state index in [0.29, 0.717) is 0 Å². The van der Waals surface area contributed by atoms with E-state index in [1.165, 1.54) is 42.5 Å². The molecular formula is C21H27NO. The second kappa shape index (κ2) is 7.63. The van der Waals surface area contributed by atoms with Crippen LogP contribution in [0.1, 0.15) is 63.9 Å². The van der Waals surface area contributed by atoms with Crippen LogP contribution in [-0.4, -0.2) is 17.4 Å². The summed E-state index contributed by atoms with van der Waals surface area (Å²) >= 11 is 0. The molecule has 122 valence electrons. The van der Waals surface area contributed by atoms with Gasteiger partial charge in [-0.05, 0) is 49.3 Å². The summed E-state index contributed by atoms with van der Waals surface area (Å²) in [7, 11) is 0. The van der Waals surface area contributed by atoms with Crippen molar-refractivity contribution in [2.45, 2.75) is 58.3 Å². The summed E-state index contributed by atoms with van der Waals surface area (Å²) in [5, 5.41) is 0. The van der Waals surface area contributed by atoms with Crippen LogP contribution < -0.4 is 0 Å². The minimum absolute atomic E-state index is 0.276. The van der Waals surface area contributed by atoms with Gasteiger partial charge in [0.15, 0.2) is 0 Å². The molecular weight excluding hydrogens is 282 g/mol. The summed E-state index contributed by atoms with van der Waals surface area (Å²) in [6.07, 6.45) is 11.4. The van der Waals surface area contributed by atoms with Gasteiger partial charge in [-0.1, -0.05) is 56.5 Å². The fourth-order valence-corrected chi connectivity index (χ4v) is 3.65. The number of hydrogen-bond acceptors (Lipinski definition) is 1. The van der Waals surface area contributed by atoms with Gasteiger partial charge < -0.3 is 4.90 Å². The van der Waals surface area contributed by atoms with Crippen molar-refractivity contribution in [3.63, 3.8) is 0 Å². The summed E-state index contributed by atoms with van der Waals surface area (Å²) in [4.78, 5) is 14.9. The number of benzene rings is 1. The molecule has 0 radical (unpaired) electrons. The van der Waals surface area contributed by atoms with Crippen LogP contribution in [0.4, 0.5) is 0 Å². The monoisotopic (exact) mass is 309 g/mol. The molecule has 1 aliphatic carbocycles. The molecule has 2 aliphatic rings. The van der Waals surface area contributed by atoms with Gasteiger partial charge in [-0.3, -0.25) is 4.79 Å². The lowest BCUT2D eigenvalue weighted by Gasteiger charge is -2.20. The second-order valence-electron chi connectivity index (χ2n) is 6.62. The highest BCUT2D eigenvalue weighted by Crippen LogP contribution is 2.39. The van der Waals surface area contributed by atoms with Crippen LogP contribution in [-0.2, 0) is 4.79 Å². The minimum Gasteiger partial charge on any atom is -0.308 e. The van der Waals surface area contributed by atoms with Crippen LogP contribution in [0.25, 0.3) is 6.08 Å². The molecule has 23 heavy (non-hydrogen) atoms. The number of rotatable bonds is 6. The van der Waals surface area contributed by atoms with Crippen LogP contribution in [0, 0.1) is 0 Å². The van der Waals surface area contributed by atoms with E-state index in [1.54, 1.807) is 0 Å². The first-order valence-corrected chi connectivity index (χ1v) is 9.12. The minimum atomic E-state index is 0.276. The SMILES string of the molecule is CCCCCCN1C(=O)C2=C(CCCC2)/C1=C/c1ccccc1. The van der Waals surface area contributed by atoms with Crippen molar-refractivity contribution < 1.29 is 4.79 Å². The summed E-state index contributed by atoms with van der Waals surface area (Å²) in [5.74, 6) is 0.276. The Kier molecular flexibility index (Phi) is 5.32. The van der Waals surface area contributed by atoms with Crippen LogP contribution in [0.15, 0.2) is 47.2 Å². The highest BCUT2D eigenvalue weighted by molar-refractivity contribution is 6.01. The van der Waals surface area contributed by atoms with E-state index < -0.39 is 0 Å². The molecule has 1 aromatic carbocycles. The van der Waals surface area contributed by atoms with Gasteiger partial charge in [-0.25, -0.2) is 0 Å². The Labute approximate surface area is 139 Å². The number of carbonyl (C=O) groups excluding carboxylic acids is 1.